The minimum Gasteiger partial charge on any atom is -0.394 e. The summed E-state index contributed by atoms with van der Waals surface area (Å²) < 4.78 is 32.3. The Bertz CT molecular complexity index is 1230. The molecule has 0 heterocycles. The summed E-state index contributed by atoms with van der Waals surface area (Å²) in [6, 6.07) is 13.5. The van der Waals surface area contributed by atoms with Crippen molar-refractivity contribution in [2.75, 3.05) is 31.7 Å². The lowest BCUT2D eigenvalue weighted by Crippen LogP contribution is -2.27. The molecule has 0 unspecified atom stereocenters. The summed E-state index contributed by atoms with van der Waals surface area (Å²) in [4.78, 5) is 25.8. The largest absolute Gasteiger partial charge is 0.394 e. The molecular formula is C26H24F2N2O4. The first-order valence-electron chi connectivity index (χ1n) is 11.0. The Morgan fingerprint density at radius 1 is 0.941 bits per heavy atom. The summed E-state index contributed by atoms with van der Waals surface area (Å²) in [6.07, 6.45) is 1.21. The lowest BCUT2D eigenvalue weighted by atomic mass is 9.96. The van der Waals surface area contributed by atoms with E-state index in [0.717, 1.165) is 17.2 Å². The Kier molecular flexibility index (Phi) is 7.30. The molecule has 0 fully saturated rings. The standard InChI is InChI=1S/C26H24F2N2O4/c27-19-5-8-24(23(28)15-19)30-20-6-7-21-17(13-20)3-1-16-2-4-18(14-22(16)25(21)32)26(33)29-9-11-34-12-10-31/h2,4-8,13-15,30-31H,1,3,9-12H2,(H,29,33). The van der Waals surface area contributed by atoms with Crippen LogP contribution in [-0.4, -0.2) is 43.2 Å². The van der Waals surface area contributed by atoms with Crippen molar-refractivity contribution in [2.45, 2.75) is 12.8 Å². The lowest BCUT2D eigenvalue weighted by Gasteiger charge is -2.11. The van der Waals surface area contributed by atoms with Gasteiger partial charge in [-0.25, -0.2) is 8.78 Å². The number of nitrogens with one attached hydrogen (secondary N) is 2. The summed E-state index contributed by atoms with van der Waals surface area (Å²) in [5.74, 6) is -1.85. The highest BCUT2D eigenvalue weighted by atomic mass is 19.1. The summed E-state index contributed by atoms with van der Waals surface area (Å²) in [6.45, 7) is 0.695. The van der Waals surface area contributed by atoms with Crippen LogP contribution in [-0.2, 0) is 17.6 Å². The van der Waals surface area contributed by atoms with Crippen LogP contribution < -0.4 is 10.6 Å². The smallest absolute Gasteiger partial charge is 0.251 e. The van der Waals surface area contributed by atoms with Gasteiger partial charge in [0.15, 0.2) is 5.78 Å². The number of halogens is 2. The third-order valence-corrected chi connectivity index (χ3v) is 5.61. The number of carbonyl (C=O) groups is 2. The van der Waals surface area contributed by atoms with E-state index in [9.17, 15) is 18.4 Å². The zero-order valence-electron chi connectivity index (χ0n) is 18.4. The van der Waals surface area contributed by atoms with Gasteiger partial charge in [-0.3, -0.25) is 9.59 Å². The number of aryl methyl sites for hydroxylation is 2. The number of amides is 1. The van der Waals surface area contributed by atoms with Gasteiger partial charge in [0, 0.05) is 35.0 Å². The zero-order chi connectivity index (χ0) is 24.1. The van der Waals surface area contributed by atoms with Crippen molar-refractivity contribution in [3.63, 3.8) is 0 Å². The van der Waals surface area contributed by atoms with Crippen LogP contribution in [0.5, 0.6) is 0 Å². The molecule has 8 heteroatoms. The topological polar surface area (TPSA) is 87.7 Å². The van der Waals surface area contributed by atoms with Gasteiger partial charge in [0.2, 0.25) is 0 Å². The van der Waals surface area contributed by atoms with Crippen molar-refractivity contribution < 1.29 is 28.2 Å². The molecule has 1 amide bonds. The summed E-state index contributed by atoms with van der Waals surface area (Å²) >= 11 is 0. The maximum absolute atomic E-state index is 14.0. The lowest BCUT2D eigenvalue weighted by molar-refractivity contribution is 0.0838. The quantitative estimate of drug-likeness (QED) is 0.440. The molecule has 0 bridgehead atoms. The van der Waals surface area contributed by atoms with Crippen LogP contribution >= 0.6 is 0 Å². The molecular weight excluding hydrogens is 442 g/mol. The fourth-order valence-electron chi connectivity index (χ4n) is 3.91. The van der Waals surface area contributed by atoms with Gasteiger partial charge in [0.1, 0.15) is 11.6 Å². The average molecular weight is 466 g/mol. The van der Waals surface area contributed by atoms with Gasteiger partial charge in [-0.2, -0.15) is 0 Å². The Hall–Kier alpha value is -3.62. The van der Waals surface area contributed by atoms with Crippen molar-refractivity contribution in [1.82, 2.24) is 5.32 Å². The van der Waals surface area contributed by atoms with Crippen molar-refractivity contribution >= 4 is 23.1 Å². The van der Waals surface area contributed by atoms with E-state index in [4.69, 9.17) is 9.84 Å². The van der Waals surface area contributed by atoms with E-state index in [0.29, 0.717) is 35.2 Å². The highest BCUT2D eigenvalue weighted by molar-refractivity contribution is 6.12. The Labute approximate surface area is 195 Å². The first-order valence-corrected chi connectivity index (χ1v) is 11.0. The number of carbonyl (C=O) groups excluding carboxylic acids is 2. The second-order valence-corrected chi connectivity index (χ2v) is 7.91. The molecule has 1 aliphatic carbocycles. The van der Waals surface area contributed by atoms with Gasteiger partial charge in [0.25, 0.3) is 5.91 Å². The summed E-state index contributed by atoms with van der Waals surface area (Å²) in [5, 5.41) is 14.4. The van der Waals surface area contributed by atoms with Crippen LogP contribution in [0.15, 0.2) is 54.6 Å². The van der Waals surface area contributed by atoms with Crippen molar-refractivity contribution in [3.05, 3.63) is 94.0 Å². The number of hydrogen-bond donors (Lipinski definition) is 3. The number of fused-ring (bicyclic) bond motifs is 2. The van der Waals surface area contributed by atoms with Crippen LogP contribution in [0.3, 0.4) is 0 Å². The van der Waals surface area contributed by atoms with E-state index in [1.165, 1.54) is 12.1 Å². The molecule has 3 N–H and O–H groups in total. The van der Waals surface area contributed by atoms with E-state index in [-0.39, 0.29) is 43.7 Å². The minimum absolute atomic E-state index is 0.0803. The van der Waals surface area contributed by atoms with Gasteiger partial charge >= 0.3 is 0 Å². The third kappa shape index (κ3) is 5.30. The average Bonchev–Trinajstić information content (AvgIpc) is 2.97. The van der Waals surface area contributed by atoms with E-state index in [2.05, 4.69) is 10.6 Å². The van der Waals surface area contributed by atoms with Crippen molar-refractivity contribution in [1.29, 1.82) is 0 Å². The van der Waals surface area contributed by atoms with Gasteiger partial charge in [-0.05, 0) is 66.4 Å². The molecule has 34 heavy (non-hydrogen) atoms. The maximum atomic E-state index is 14.0. The summed E-state index contributed by atoms with van der Waals surface area (Å²) in [7, 11) is 0. The SMILES string of the molecule is O=C(NCCOCCO)c1ccc2c(c1)C(=O)c1ccc(Nc3ccc(F)cc3F)cc1CC2. The van der Waals surface area contributed by atoms with E-state index in [1.807, 2.05) is 0 Å². The number of rotatable bonds is 8. The molecule has 6 nitrogen and oxygen atoms in total. The van der Waals surface area contributed by atoms with E-state index in [1.54, 1.807) is 36.4 Å². The normalized spacial score (nSPS) is 12.5. The molecule has 0 saturated heterocycles. The number of benzene rings is 3. The maximum Gasteiger partial charge on any atom is 0.251 e. The van der Waals surface area contributed by atoms with Crippen LogP contribution in [0.25, 0.3) is 0 Å². The molecule has 0 radical (unpaired) electrons. The first-order chi connectivity index (χ1) is 16.5. The Balaban J connectivity index is 1.52. The van der Waals surface area contributed by atoms with Crippen LogP contribution in [0.4, 0.5) is 20.2 Å². The van der Waals surface area contributed by atoms with Crippen molar-refractivity contribution in [2.24, 2.45) is 0 Å². The van der Waals surface area contributed by atoms with Gasteiger partial charge in [-0.15, -0.1) is 0 Å². The second-order valence-electron chi connectivity index (χ2n) is 7.91. The molecule has 3 aromatic carbocycles. The number of anilines is 2. The van der Waals surface area contributed by atoms with Crippen LogP contribution in [0.1, 0.15) is 37.4 Å². The number of ketones is 1. The first kappa shape index (κ1) is 23.5. The fraction of sp³-hybridized carbons (Fsp3) is 0.231. The molecule has 0 aromatic heterocycles. The molecule has 0 saturated carbocycles. The van der Waals surface area contributed by atoms with Crippen LogP contribution in [0.2, 0.25) is 0 Å². The third-order valence-electron chi connectivity index (χ3n) is 5.61. The highest BCUT2D eigenvalue weighted by Gasteiger charge is 2.23. The number of aliphatic hydroxyl groups excluding tert-OH is 1. The number of aliphatic hydroxyl groups is 1. The Morgan fingerprint density at radius 3 is 2.56 bits per heavy atom. The predicted octanol–water partition coefficient (Wildman–Crippen LogP) is 3.78. The summed E-state index contributed by atoms with van der Waals surface area (Å²) in [5.41, 5.74) is 3.77. The molecule has 4 rings (SSSR count). The van der Waals surface area contributed by atoms with Crippen LogP contribution in [0, 0.1) is 11.6 Å². The highest BCUT2D eigenvalue weighted by Crippen LogP contribution is 2.29. The molecule has 1 aliphatic rings. The molecule has 0 aliphatic heterocycles. The van der Waals surface area contributed by atoms with Gasteiger partial charge in [-0.1, -0.05) is 6.07 Å². The predicted molar refractivity (Wildman–Crippen MR) is 124 cm³/mol. The second kappa shape index (κ2) is 10.5. The van der Waals surface area contributed by atoms with Gasteiger partial charge < -0.3 is 20.5 Å². The molecule has 0 atom stereocenters. The minimum atomic E-state index is -0.704. The molecule has 0 spiro atoms. The zero-order valence-corrected chi connectivity index (χ0v) is 18.4. The van der Waals surface area contributed by atoms with Crippen molar-refractivity contribution in [3.8, 4) is 0 Å². The number of hydrogen-bond acceptors (Lipinski definition) is 5. The fourth-order valence-corrected chi connectivity index (χ4v) is 3.91. The van der Waals surface area contributed by atoms with Gasteiger partial charge in [0.05, 0.1) is 25.5 Å². The van der Waals surface area contributed by atoms with E-state index >= 15 is 0 Å². The van der Waals surface area contributed by atoms with E-state index < -0.39 is 11.6 Å². The number of ether oxygens (including phenoxy) is 1. The Morgan fingerprint density at radius 2 is 1.76 bits per heavy atom. The molecule has 176 valence electrons. The molecule has 3 aromatic rings. The monoisotopic (exact) mass is 466 g/mol.